The molecule has 0 fully saturated rings. The molecule has 0 saturated heterocycles. The van der Waals surface area contributed by atoms with Crippen molar-refractivity contribution in [2.45, 2.75) is 12.5 Å². The standard InChI is InChI=1S/C18H23N3O3.2ClH/c1-19-17(10-12-23-16-5-4-11-20-13-16)14-6-8-15(9-7-14)24-18(22)21(2)3;;/h4-9,11,13,17,19H,10,12H2,1-3H3;2*1H. The lowest BCUT2D eigenvalue weighted by Crippen LogP contribution is -2.25. The van der Waals surface area contributed by atoms with Crippen molar-refractivity contribution in [3.63, 3.8) is 0 Å². The van der Waals surface area contributed by atoms with E-state index < -0.39 is 6.09 Å². The Hall–Kier alpha value is -2.02. The molecule has 0 aliphatic heterocycles. The first-order valence-corrected chi connectivity index (χ1v) is 7.79. The van der Waals surface area contributed by atoms with Gasteiger partial charge in [-0.25, -0.2) is 4.79 Å². The molecule has 1 amide bonds. The number of rotatable bonds is 7. The van der Waals surface area contributed by atoms with E-state index in [4.69, 9.17) is 9.47 Å². The number of benzene rings is 1. The quantitative estimate of drug-likeness (QED) is 0.765. The highest BCUT2D eigenvalue weighted by molar-refractivity contribution is 5.85. The summed E-state index contributed by atoms with van der Waals surface area (Å²) in [6.45, 7) is 0.578. The smallest absolute Gasteiger partial charge is 0.414 e. The Balaban J connectivity index is 0.00000312. The summed E-state index contributed by atoms with van der Waals surface area (Å²) in [5.41, 5.74) is 1.11. The minimum Gasteiger partial charge on any atom is -0.492 e. The zero-order chi connectivity index (χ0) is 17.4. The molecule has 0 spiro atoms. The van der Waals surface area contributed by atoms with Crippen LogP contribution in [0.25, 0.3) is 0 Å². The van der Waals surface area contributed by atoms with Crippen molar-refractivity contribution in [3.05, 3.63) is 54.4 Å². The summed E-state index contributed by atoms with van der Waals surface area (Å²) in [4.78, 5) is 16.9. The van der Waals surface area contributed by atoms with Gasteiger partial charge in [-0.15, -0.1) is 24.8 Å². The van der Waals surface area contributed by atoms with Crippen molar-refractivity contribution < 1.29 is 14.3 Å². The molecule has 0 bridgehead atoms. The molecular weight excluding hydrogens is 377 g/mol. The molecule has 6 nitrogen and oxygen atoms in total. The third kappa shape index (κ3) is 7.47. The molecule has 1 aromatic heterocycles. The van der Waals surface area contributed by atoms with E-state index >= 15 is 0 Å². The van der Waals surface area contributed by atoms with Gasteiger partial charge >= 0.3 is 6.09 Å². The number of halogens is 2. The molecule has 0 saturated carbocycles. The van der Waals surface area contributed by atoms with Crippen LogP contribution in [0.4, 0.5) is 4.79 Å². The highest BCUT2D eigenvalue weighted by Crippen LogP contribution is 2.21. The van der Waals surface area contributed by atoms with Gasteiger partial charge in [-0.1, -0.05) is 12.1 Å². The summed E-state index contributed by atoms with van der Waals surface area (Å²) < 4.78 is 10.9. The van der Waals surface area contributed by atoms with Gasteiger partial charge in [-0.3, -0.25) is 4.98 Å². The predicted octanol–water partition coefficient (Wildman–Crippen LogP) is 3.72. The molecule has 0 radical (unpaired) electrons. The van der Waals surface area contributed by atoms with Gasteiger partial charge in [0.05, 0.1) is 12.8 Å². The maximum Gasteiger partial charge on any atom is 0.414 e. The van der Waals surface area contributed by atoms with Crippen LogP contribution in [0.5, 0.6) is 11.5 Å². The lowest BCUT2D eigenvalue weighted by molar-refractivity contribution is 0.172. The van der Waals surface area contributed by atoms with Gasteiger partial charge in [-0.2, -0.15) is 0 Å². The summed E-state index contributed by atoms with van der Waals surface area (Å²) in [7, 11) is 5.21. The Bertz CT molecular complexity index is 640. The summed E-state index contributed by atoms with van der Waals surface area (Å²) in [6.07, 6.45) is 3.83. The molecule has 1 aromatic carbocycles. The molecule has 0 aliphatic rings. The molecule has 2 aromatic rings. The second-order valence-electron chi connectivity index (χ2n) is 5.50. The second-order valence-corrected chi connectivity index (χ2v) is 5.50. The largest absolute Gasteiger partial charge is 0.492 e. The van der Waals surface area contributed by atoms with Crippen LogP contribution < -0.4 is 14.8 Å². The van der Waals surface area contributed by atoms with E-state index in [0.29, 0.717) is 12.4 Å². The van der Waals surface area contributed by atoms with Gasteiger partial charge in [0.15, 0.2) is 0 Å². The Morgan fingerprint density at radius 2 is 1.85 bits per heavy atom. The van der Waals surface area contributed by atoms with Crippen LogP contribution in [0.1, 0.15) is 18.0 Å². The van der Waals surface area contributed by atoms with E-state index in [1.54, 1.807) is 38.6 Å². The van der Waals surface area contributed by atoms with E-state index in [1.807, 2.05) is 31.3 Å². The summed E-state index contributed by atoms with van der Waals surface area (Å²) in [5.74, 6) is 1.29. The number of hydrogen-bond acceptors (Lipinski definition) is 5. The molecule has 26 heavy (non-hydrogen) atoms. The van der Waals surface area contributed by atoms with Crippen LogP contribution in [0.15, 0.2) is 48.8 Å². The van der Waals surface area contributed by atoms with Gasteiger partial charge in [-0.05, 0) is 36.9 Å². The predicted molar refractivity (Wildman–Crippen MR) is 107 cm³/mol. The van der Waals surface area contributed by atoms with E-state index in [9.17, 15) is 4.79 Å². The van der Waals surface area contributed by atoms with Crippen molar-refractivity contribution in [2.75, 3.05) is 27.7 Å². The SMILES string of the molecule is CNC(CCOc1cccnc1)c1ccc(OC(=O)N(C)C)cc1.Cl.Cl. The fourth-order valence-electron chi connectivity index (χ4n) is 2.17. The lowest BCUT2D eigenvalue weighted by Gasteiger charge is -2.17. The van der Waals surface area contributed by atoms with Crippen molar-refractivity contribution in [1.29, 1.82) is 0 Å². The van der Waals surface area contributed by atoms with Crippen molar-refractivity contribution in [2.24, 2.45) is 0 Å². The molecule has 1 heterocycles. The second kappa shape index (κ2) is 12.4. The summed E-state index contributed by atoms with van der Waals surface area (Å²) in [6, 6.07) is 11.4. The number of carbonyl (C=O) groups excluding carboxylic acids is 1. The van der Waals surface area contributed by atoms with Crippen LogP contribution in [-0.4, -0.2) is 43.7 Å². The van der Waals surface area contributed by atoms with Gasteiger partial charge in [0.25, 0.3) is 0 Å². The fourth-order valence-corrected chi connectivity index (χ4v) is 2.17. The van der Waals surface area contributed by atoms with Gasteiger partial charge in [0.1, 0.15) is 11.5 Å². The lowest BCUT2D eigenvalue weighted by atomic mass is 10.0. The first-order valence-electron chi connectivity index (χ1n) is 7.79. The molecule has 8 heteroatoms. The van der Waals surface area contributed by atoms with Crippen LogP contribution in [0.3, 0.4) is 0 Å². The topological polar surface area (TPSA) is 63.7 Å². The zero-order valence-corrected chi connectivity index (χ0v) is 16.7. The number of hydrogen-bond donors (Lipinski definition) is 1. The first kappa shape index (κ1) is 24.0. The number of amides is 1. The minimum atomic E-state index is -0.391. The van der Waals surface area contributed by atoms with Gasteiger partial charge in [0, 0.05) is 32.8 Å². The Labute approximate surface area is 166 Å². The molecule has 2 rings (SSSR count). The third-order valence-corrected chi connectivity index (χ3v) is 3.51. The van der Waals surface area contributed by atoms with Crippen LogP contribution in [-0.2, 0) is 0 Å². The molecule has 144 valence electrons. The number of pyridine rings is 1. The highest BCUT2D eigenvalue weighted by atomic mass is 35.5. The summed E-state index contributed by atoms with van der Waals surface area (Å²) >= 11 is 0. The number of ether oxygens (including phenoxy) is 2. The monoisotopic (exact) mass is 401 g/mol. The third-order valence-electron chi connectivity index (χ3n) is 3.51. The first-order chi connectivity index (χ1) is 11.6. The molecular formula is C18H25Cl2N3O3. The maximum absolute atomic E-state index is 11.5. The van der Waals surface area contributed by atoms with E-state index in [0.717, 1.165) is 17.7 Å². The number of nitrogens with one attached hydrogen (secondary N) is 1. The van der Waals surface area contributed by atoms with Crippen LogP contribution in [0, 0.1) is 0 Å². The van der Waals surface area contributed by atoms with Crippen molar-refractivity contribution in [1.82, 2.24) is 15.2 Å². The van der Waals surface area contributed by atoms with E-state index in [1.165, 1.54) is 4.90 Å². The Kier molecular flexibility index (Phi) is 11.4. The highest BCUT2D eigenvalue weighted by Gasteiger charge is 2.11. The average molecular weight is 402 g/mol. The van der Waals surface area contributed by atoms with Crippen molar-refractivity contribution in [3.8, 4) is 11.5 Å². The number of nitrogens with zero attached hydrogens (tertiary/aromatic N) is 2. The van der Waals surface area contributed by atoms with Gasteiger partial charge in [0.2, 0.25) is 0 Å². The van der Waals surface area contributed by atoms with Crippen molar-refractivity contribution >= 4 is 30.9 Å². The molecule has 1 unspecified atom stereocenters. The van der Waals surface area contributed by atoms with Crippen LogP contribution in [0.2, 0.25) is 0 Å². The fraction of sp³-hybridized carbons (Fsp3) is 0.333. The van der Waals surface area contributed by atoms with E-state index in [2.05, 4.69) is 10.3 Å². The zero-order valence-electron chi connectivity index (χ0n) is 15.0. The Morgan fingerprint density at radius 3 is 2.38 bits per heavy atom. The molecule has 1 N–H and O–H groups in total. The maximum atomic E-state index is 11.5. The van der Waals surface area contributed by atoms with E-state index in [-0.39, 0.29) is 30.9 Å². The Morgan fingerprint density at radius 1 is 1.15 bits per heavy atom. The average Bonchev–Trinajstić information content (AvgIpc) is 2.60. The summed E-state index contributed by atoms with van der Waals surface area (Å²) in [5, 5.41) is 3.27. The molecule has 1 atom stereocenters. The molecule has 0 aliphatic carbocycles. The normalized spacial score (nSPS) is 10.7. The van der Waals surface area contributed by atoms with Crippen LogP contribution >= 0.6 is 24.8 Å². The number of carbonyl (C=O) groups is 1. The number of aromatic nitrogens is 1. The van der Waals surface area contributed by atoms with Gasteiger partial charge < -0.3 is 19.7 Å². The minimum absolute atomic E-state index is 0.